The Morgan fingerprint density at radius 1 is 1.50 bits per heavy atom. The Balaban J connectivity index is 0.00000169. The Morgan fingerprint density at radius 2 is 2.07 bits per heavy atom. The Bertz CT molecular complexity index is 310. The predicted molar refractivity (Wildman–Crippen MR) is 55.9 cm³/mol. The van der Waals surface area contributed by atoms with Gasteiger partial charge in [-0.2, -0.15) is 0 Å². The molecular weight excluding hydrogens is 204 g/mol. The van der Waals surface area contributed by atoms with Crippen LogP contribution < -0.4 is 0 Å². The number of imidazole rings is 1. The number of aliphatic carboxylic acids is 1. The normalized spacial score (nSPS) is 12.3. The molecule has 0 saturated heterocycles. The van der Waals surface area contributed by atoms with Crippen LogP contribution in [0, 0.1) is 0 Å². The monoisotopic (exact) mass is 218 g/mol. The van der Waals surface area contributed by atoms with Crippen LogP contribution in [0.1, 0.15) is 38.6 Å². The molecule has 0 bridgehead atoms. The molecule has 0 amide bonds. The maximum Gasteiger partial charge on any atom is 0.326 e. The lowest BCUT2D eigenvalue weighted by atomic mass is 10.2. The molecular formula is C9H15ClN2O2. The van der Waals surface area contributed by atoms with Gasteiger partial charge in [0, 0.05) is 18.3 Å². The van der Waals surface area contributed by atoms with E-state index in [0.29, 0.717) is 0 Å². The van der Waals surface area contributed by atoms with Gasteiger partial charge in [0.1, 0.15) is 11.9 Å². The second-order valence-corrected chi connectivity index (χ2v) is 3.36. The van der Waals surface area contributed by atoms with E-state index in [1.165, 1.54) is 0 Å². The minimum Gasteiger partial charge on any atom is -0.480 e. The van der Waals surface area contributed by atoms with Crippen molar-refractivity contribution < 1.29 is 9.90 Å². The van der Waals surface area contributed by atoms with Crippen LogP contribution in [-0.2, 0) is 4.79 Å². The third-order valence-corrected chi connectivity index (χ3v) is 1.99. The largest absolute Gasteiger partial charge is 0.480 e. The first-order valence-corrected chi connectivity index (χ1v) is 4.29. The average molecular weight is 219 g/mol. The summed E-state index contributed by atoms with van der Waals surface area (Å²) < 4.78 is 1.69. The molecule has 80 valence electrons. The number of hydrogen-bond donors (Lipinski definition) is 1. The van der Waals surface area contributed by atoms with Gasteiger partial charge >= 0.3 is 5.97 Å². The van der Waals surface area contributed by atoms with Crippen molar-refractivity contribution in [2.45, 2.75) is 32.7 Å². The van der Waals surface area contributed by atoms with E-state index in [1.807, 2.05) is 13.8 Å². The molecule has 1 atom stereocenters. The van der Waals surface area contributed by atoms with Gasteiger partial charge in [-0.15, -0.1) is 12.4 Å². The second-order valence-electron chi connectivity index (χ2n) is 3.36. The van der Waals surface area contributed by atoms with Gasteiger partial charge in [-0.3, -0.25) is 0 Å². The summed E-state index contributed by atoms with van der Waals surface area (Å²) in [6, 6.07) is -0.542. The Hall–Kier alpha value is -1.03. The van der Waals surface area contributed by atoms with E-state index < -0.39 is 12.0 Å². The van der Waals surface area contributed by atoms with Gasteiger partial charge in [-0.25, -0.2) is 9.78 Å². The molecule has 0 spiro atoms. The fourth-order valence-corrected chi connectivity index (χ4v) is 1.22. The van der Waals surface area contributed by atoms with Crippen LogP contribution in [0.25, 0.3) is 0 Å². The standard InChI is InChI=1S/C9H14N2O2.ClH/c1-6(2)8-10-4-5-11(8)7(3)9(12)13;/h4-7H,1-3H3,(H,12,13);1H. The van der Waals surface area contributed by atoms with Gasteiger partial charge in [0.15, 0.2) is 0 Å². The summed E-state index contributed by atoms with van der Waals surface area (Å²) in [7, 11) is 0. The molecule has 0 aliphatic carbocycles. The first-order chi connectivity index (χ1) is 6.04. The van der Waals surface area contributed by atoms with Gasteiger partial charge in [-0.05, 0) is 6.92 Å². The molecule has 1 aromatic heterocycles. The van der Waals surface area contributed by atoms with E-state index in [-0.39, 0.29) is 18.3 Å². The molecule has 0 fully saturated rings. The smallest absolute Gasteiger partial charge is 0.326 e. The number of carboxylic acids is 1. The quantitative estimate of drug-likeness (QED) is 0.845. The SMILES string of the molecule is CC(C)c1nccn1C(C)C(=O)O.Cl. The lowest BCUT2D eigenvalue weighted by molar-refractivity contribution is -0.140. The fraction of sp³-hybridized carbons (Fsp3) is 0.556. The summed E-state index contributed by atoms with van der Waals surface area (Å²) in [4.78, 5) is 14.8. The number of aromatic nitrogens is 2. The van der Waals surface area contributed by atoms with Gasteiger partial charge in [0.2, 0.25) is 0 Å². The van der Waals surface area contributed by atoms with Gasteiger partial charge < -0.3 is 9.67 Å². The predicted octanol–water partition coefficient (Wildman–Crippen LogP) is 2.07. The van der Waals surface area contributed by atoms with Crippen molar-refractivity contribution in [3.8, 4) is 0 Å². The van der Waals surface area contributed by atoms with Gasteiger partial charge in [-0.1, -0.05) is 13.8 Å². The topological polar surface area (TPSA) is 55.1 Å². The van der Waals surface area contributed by atoms with Crippen LogP contribution >= 0.6 is 12.4 Å². The second kappa shape index (κ2) is 5.00. The van der Waals surface area contributed by atoms with Crippen molar-refractivity contribution in [1.82, 2.24) is 9.55 Å². The van der Waals surface area contributed by atoms with Crippen LogP contribution in [0.5, 0.6) is 0 Å². The lowest BCUT2D eigenvalue weighted by Crippen LogP contribution is -2.17. The van der Waals surface area contributed by atoms with E-state index in [9.17, 15) is 4.79 Å². The molecule has 0 saturated carbocycles. The number of halogens is 1. The van der Waals surface area contributed by atoms with Crippen LogP contribution in [0.15, 0.2) is 12.4 Å². The molecule has 14 heavy (non-hydrogen) atoms. The van der Waals surface area contributed by atoms with E-state index in [2.05, 4.69) is 4.98 Å². The van der Waals surface area contributed by atoms with E-state index in [1.54, 1.807) is 23.9 Å². The number of nitrogens with zero attached hydrogens (tertiary/aromatic N) is 2. The van der Waals surface area contributed by atoms with Crippen molar-refractivity contribution >= 4 is 18.4 Å². The molecule has 1 N–H and O–H groups in total. The van der Waals surface area contributed by atoms with Crippen molar-refractivity contribution in [2.75, 3.05) is 0 Å². The van der Waals surface area contributed by atoms with Crippen LogP contribution in [0.4, 0.5) is 0 Å². The van der Waals surface area contributed by atoms with Crippen LogP contribution in [0.3, 0.4) is 0 Å². The Morgan fingerprint density at radius 3 is 2.50 bits per heavy atom. The average Bonchev–Trinajstić information content (AvgIpc) is 2.50. The third-order valence-electron chi connectivity index (χ3n) is 1.99. The molecule has 1 heterocycles. The first-order valence-electron chi connectivity index (χ1n) is 4.29. The first kappa shape index (κ1) is 13.0. The van der Waals surface area contributed by atoms with Gasteiger partial charge in [0.25, 0.3) is 0 Å². The number of carboxylic acid groups (broad SMARTS) is 1. The summed E-state index contributed by atoms with van der Waals surface area (Å²) in [5.74, 6) is 0.228. The number of carbonyl (C=O) groups is 1. The number of rotatable bonds is 3. The molecule has 4 nitrogen and oxygen atoms in total. The van der Waals surface area contributed by atoms with Crippen LogP contribution in [-0.4, -0.2) is 20.6 Å². The lowest BCUT2D eigenvalue weighted by Gasteiger charge is -2.13. The Kier molecular flexibility index (Phi) is 4.63. The van der Waals surface area contributed by atoms with Crippen molar-refractivity contribution in [3.63, 3.8) is 0 Å². The molecule has 1 unspecified atom stereocenters. The highest BCUT2D eigenvalue weighted by Gasteiger charge is 2.17. The fourth-order valence-electron chi connectivity index (χ4n) is 1.22. The summed E-state index contributed by atoms with van der Waals surface area (Å²) in [6.45, 7) is 5.64. The van der Waals surface area contributed by atoms with Crippen molar-refractivity contribution in [3.05, 3.63) is 18.2 Å². The molecule has 0 aliphatic rings. The highest BCUT2D eigenvalue weighted by Crippen LogP contribution is 2.16. The molecule has 0 aromatic carbocycles. The zero-order valence-corrected chi connectivity index (χ0v) is 9.28. The van der Waals surface area contributed by atoms with Crippen molar-refractivity contribution in [2.24, 2.45) is 0 Å². The number of hydrogen-bond acceptors (Lipinski definition) is 2. The van der Waals surface area contributed by atoms with Gasteiger partial charge in [0.05, 0.1) is 0 Å². The summed E-state index contributed by atoms with van der Waals surface area (Å²) in [6.07, 6.45) is 3.34. The molecule has 1 rings (SSSR count). The molecule has 5 heteroatoms. The summed E-state index contributed by atoms with van der Waals surface area (Å²) >= 11 is 0. The highest BCUT2D eigenvalue weighted by molar-refractivity contribution is 5.85. The molecule has 1 aromatic rings. The van der Waals surface area contributed by atoms with Crippen LogP contribution in [0.2, 0.25) is 0 Å². The zero-order valence-electron chi connectivity index (χ0n) is 8.47. The maximum absolute atomic E-state index is 10.7. The Labute approximate surface area is 89.4 Å². The minimum atomic E-state index is -0.833. The molecule has 0 aliphatic heterocycles. The summed E-state index contributed by atoms with van der Waals surface area (Å²) in [5, 5.41) is 8.81. The highest BCUT2D eigenvalue weighted by atomic mass is 35.5. The third kappa shape index (κ3) is 2.48. The van der Waals surface area contributed by atoms with Crippen molar-refractivity contribution in [1.29, 1.82) is 0 Å². The van der Waals surface area contributed by atoms with E-state index in [4.69, 9.17) is 5.11 Å². The minimum absolute atomic E-state index is 0. The van der Waals surface area contributed by atoms with E-state index >= 15 is 0 Å². The summed E-state index contributed by atoms with van der Waals surface area (Å²) in [5.41, 5.74) is 0. The van der Waals surface area contributed by atoms with E-state index in [0.717, 1.165) is 5.82 Å². The zero-order chi connectivity index (χ0) is 10.0. The maximum atomic E-state index is 10.7. The molecule has 0 radical (unpaired) electrons.